The topological polar surface area (TPSA) is 48.7 Å². The summed E-state index contributed by atoms with van der Waals surface area (Å²) in [5.41, 5.74) is 3.39. The van der Waals surface area contributed by atoms with E-state index in [1.54, 1.807) is 31.0 Å². The molecular weight excluding hydrogens is 290 g/mol. The molecule has 0 N–H and O–H groups in total. The number of benzene rings is 1. The predicted molar refractivity (Wildman–Crippen MR) is 81.3 cm³/mol. The van der Waals surface area contributed by atoms with Gasteiger partial charge in [-0.3, -0.25) is 0 Å². The van der Waals surface area contributed by atoms with E-state index in [2.05, 4.69) is 10.1 Å². The van der Waals surface area contributed by atoms with E-state index >= 15 is 0 Å². The van der Waals surface area contributed by atoms with Crippen LogP contribution in [-0.4, -0.2) is 28.8 Å². The lowest BCUT2D eigenvalue weighted by atomic mass is 10.1. The minimum absolute atomic E-state index is 0.532. The first-order valence-electron chi connectivity index (χ1n) is 6.37. The second kappa shape index (κ2) is 5.26. The number of methoxy groups -OCH3 is 2. The van der Waals surface area contributed by atoms with Crippen molar-refractivity contribution in [3.63, 3.8) is 0 Å². The van der Waals surface area contributed by atoms with E-state index in [-0.39, 0.29) is 0 Å². The van der Waals surface area contributed by atoms with Crippen LogP contribution in [0.1, 0.15) is 5.69 Å². The van der Waals surface area contributed by atoms with E-state index in [0.29, 0.717) is 22.3 Å². The summed E-state index contributed by atoms with van der Waals surface area (Å²) in [5, 5.41) is 4.82. The van der Waals surface area contributed by atoms with E-state index in [0.717, 1.165) is 16.8 Å². The molecule has 0 saturated heterocycles. The molecular formula is C15H14ClN3O2. The fraction of sp³-hybridized carbons (Fsp3) is 0.200. The molecule has 0 bridgehead atoms. The van der Waals surface area contributed by atoms with Crippen molar-refractivity contribution in [2.45, 2.75) is 6.92 Å². The van der Waals surface area contributed by atoms with Crippen LogP contribution in [0.5, 0.6) is 11.5 Å². The molecule has 6 heteroatoms. The molecule has 2 heterocycles. The molecule has 0 spiro atoms. The second-order valence-corrected chi connectivity index (χ2v) is 4.97. The molecule has 5 nitrogen and oxygen atoms in total. The molecule has 0 aliphatic carbocycles. The molecule has 0 unspecified atom stereocenters. The van der Waals surface area contributed by atoms with Gasteiger partial charge in [-0.25, -0.2) is 9.50 Å². The van der Waals surface area contributed by atoms with Crippen LogP contribution in [0.25, 0.3) is 16.8 Å². The van der Waals surface area contributed by atoms with E-state index in [4.69, 9.17) is 21.1 Å². The fourth-order valence-corrected chi connectivity index (χ4v) is 2.53. The van der Waals surface area contributed by atoms with Gasteiger partial charge in [0.1, 0.15) is 5.15 Å². The highest BCUT2D eigenvalue weighted by Crippen LogP contribution is 2.34. The largest absolute Gasteiger partial charge is 0.493 e. The number of aromatic nitrogens is 3. The highest BCUT2D eigenvalue weighted by molar-refractivity contribution is 6.29. The van der Waals surface area contributed by atoms with Crippen LogP contribution < -0.4 is 9.47 Å². The highest BCUT2D eigenvalue weighted by atomic mass is 35.5. The van der Waals surface area contributed by atoms with Crippen molar-refractivity contribution in [2.24, 2.45) is 0 Å². The Labute approximate surface area is 127 Å². The summed E-state index contributed by atoms with van der Waals surface area (Å²) in [6, 6.07) is 7.47. The Kier molecular flexibility index (Phi) is 3.43. The van der Waals surface area contributed by atoms with Crippen LogP contribution in [0.2, 0.25) is 5.15 Å². The Morgan fingerprint density at radius 2 is 1.86 bits per heavy atom. The summed E-state index contributed by atoms with van der Waals surface area (Å²) < 4.78 is 12.2. The van der Waals surface area contributed by atoms with Gasteiger partial charge < -0.3 is 9.47 Å². The smallest absolute Gasteiger partial charge is 0.164 e. The molecule has 0 saturated carbocycles. The van der Waals surface area contributed by atoms with Gasteiger partial charge >= 0.3 is 0 Å². The van der Waals surface area contributed by atoms with Crippen LogP contribution in [0.15, 0.2) is 30.5 Å². The third-order valence-corrected chi connectivity index (χ3v) is 3.52. The van der Waals surface area contributed by atoms with E-state index in [1.807, 2.05) is 25.1 Å². The molecule has 0 aliphatic heterocycles. The van der Waals surface area contributed by atoms with Crippen molar-refractivity contribution in [1.82, 2.24) is 14.6 Å². The van der Waals surface area contributed by atoms with Crippen molar-refractivity contribution in [3.8, 4) is 22.6 Å². The second-order valence-electron chi connectivity index (χ2n) is 4.58. The number of fused-ring (bicyclic) bond motifs is 1. The summed E-state index contributed by atoms with van der Waals surface area (Å²) in [5.74, 6) is 1.34. The lowest BCUT2D eigenvalue weighted by molar-refractivity contribution is 0.355. The monoisotopic (exact) mass is 303 g/mol. The summed E-state index contributed by atoms with van der Waals surface area (Å²) in [7, 11) is 3.22. The SMILES string of the molecule is COc1ccc(-c2cnn3c(Cl)cc(C)nc23)cc1OC. The van der Waals surface area contributed by atoms with Crippen molar-refractivity contribution in [2.75, 3.05) is 14.2 Å². The van der Waals surface area contributed by atoms with E-state index in [1.165, 1.54) is 0 Å². The van der Waals surface area contributed by atoms with Crippen LogP contribution in [0.3, 0.4) is 0 Å². The number of hydrogen-bond donors (Lipinski definition) is 0. The molecule has 2 aromatic heterocycles. The lowest BCUT2D eigenvalue weighted by Gasteiger charge is -2.09. The molecule has 21 heavy (non-hydrogen) atoms. The van der Waals surface area contributed by atoms with Gasteiger partial charge in [-0.05, 0) is 30.7 Å². The van der Waals surface area contributed by atoms with Gasteiger partial charge in [-0.1, -0.05) is 17.7 Å². The van der Waals surface area contributed by atoms with Gasteiger partial charge in [0.2, 0.25) is 0 Å². The molecule has 0 radical (unpaired) electrons. The Bertz CT molecular complexity index is 814. The van der Waals surface area contributed by atoms with Crippen LogP contribution >= 0.6 is 11.6 Å². The summed E-state index contributed by atoms with van der Waals surface area (Å²) >= 11 is 6.19. The van der Waals surface area contributed by atoms with Gasteiger partial charge in [0.05, 0.1) is 20.4 Å². The zero-order valence-corrected chi connectivity index (χ0v) is 12.7. The third-order valence-electron chi connectivity index (χ3n) is 3.25. The Morgan fingerprint density at radius 3 is 2.57 bits per heavy atom. The molecule has 1 aromatic carbocycles. The minimum Gasteiger partial charge on any atom is -0.493 e. The van der Waals surface area contributed by atoms with Crippen LogP contribution in [0, 0.1) is 6.92 Å². The molecule has 3 aromatic rings. The van der Waals surface area contributed by atoms with Crippen molar-refractivity contribution in [1.29, 1.82) is 0 Å². The molecule has 108 valence electrons. The average molecular weight is 304 g/mol. The van der Waals surface area contributed by atoms with Crippen molar-refractivity contribution < 1.29 is 9.47 Å². The zero-order chi connectivity index (χ0) is 15.0. The molecule has 0 atom stereocenters. The Balaban J connectivity index is 2.21. The maximum Gasteiger partial charge on any atom is 0.164 e. The molecule has 3 rings (SSSR count). The van der Waals surface area contributed by atoms with Crippen LogP contribution in [0.4, 0.5) is 0 Å². The maximum atomic E-state index is 6.19. The Hall–Kier alpha value is -2.27. The summed E-state index contributed by atoms with van der Waals surface area (Å²) in [6.07, 6.45) is 1.74. The van der Waals surface area contributed by atoms with Crippen LogP contribution in [-0.2, 0) is 0 Å². The number of nitrogens with zero attached hydrogens (tertiary/aromatic N) is 3. The standard InChI is InChI=1S/C15H14ClN3O2/c1-9-6-14(16)19-15(18-9)11(8-17-19)10-4-5-12(20-2)13(7-10)21-3/h4-8H,1-3H3. The maximum absolute atomic E-state index is 6.19. The van der Waals surface area contributed by atoms with Crippen molar-refractivity contribution >= 4 is 17.2 Å². The number of aryl methyl sites for hydroxylation is 1. The summed E-state index contributed by atoms with van der Waals surface area (Å²) in [6.45, 7) is 1.90. The first-order valence-corrected chi connectivity index (χ1v) is 6.75. The van der Waals surface area contributed by atoms with E-state index in [9.17, 15) is 0 Å². The lowest BCUT2D eigenvalue weighted by Crippen LogP contribution is -1.95. The molecule has 0 amide bonds. The van der Waals surface area contributed by atoms with Gasteiger partial charge in [0.15, 0.2) is 17.1 Å². The molecule has 0 fully saturated rings. The number of halogens is 1. The number of hydrogen-bond acceptors (Lipinski definition) is 4. The first-order chi connectivity index (χ1) is 10.1. The predicted octanol–water partition coefficient (Wildman–Crippen LogP) is 3.38. The third kappa shape index (κ3) is 2.29. The Morgan fingerprint density at radius 1 is 1.10 bits per heavy atom. The molecule has 0 aliphatic rings. The van der Waals surface area contributed by atoms with Gasteiger partial charge in [-0.2, -0.15) is 5.10 Å². The quantitative estimate of drug-likeness (QED) is 0.696. The van der Waals surface area contributed by atoms with Gasteiger partial charge in [0.25, 0.3) is 0 Å². The van der Waals surface area contributed by atoms with E-state index < -0.39 is 0 Å². The van der Waals surface area contributed by atoms with Gasteiger partial charge in [-0.15, -0.1) is 0 Å². The average Bonchev–Trinajstić information content (AvgIpc) is 2.90. The zero-order valence-electron chi connectivity index (χ0n) is 11.9. The minimum atomic E-state index is 0.532. The number of rotatable bonds is 3. The van der Waals surface area contributed by atoms with Gasteiger partial charge in [0, 0.05) is 11.3 Å². The summed E-state index contributed by atoms with van der Waals surface area (Å²) in [4.78, 5) is 4.51. The fourth-order valence-electron chi connectivity index (χ4n) is 2.25. The normalized spacial score (nSPS) is 10.9. The first kappa shape index (κ1) is 13.7. The number of ether oxygens (including phenoxy) is 2. The highest BCUT2D eigenvalue weighted by Gasteiger charge is 2.13. The van der Waals surface area contributed by atoms with Crippen molar-refractivity contribution in [3.05, 3.63) is 41.3 Å².